The fraction of sp³-hybridized carbons (Fsp3) is 0.200. The lowest BCUT2D eigenvalue weighted by Crippen LogP contribution is -2.54. The predicted octanol–water partition coefficient (Wildman–Crippen LogP) is 4.04. The van der Waals surface area contributed by atoms with E-state index in [1.165, 1.54) is 0 Å². The van der Waals surface area contributed by atoms with E-state index in [1.54, 1.807) is 6.20 Å². The van der Waals surface area contributed by atoms with Gasteiger partial charge in [-0.1, -0.05) is 48.5 Å². The summed E-state index contributed by atoms with van der Waals surface area (Å²) in [5, 5.41) is 11.2. The first-order valence-electron chi connectivity index (χ1n) is 10.5. The van der Waals surface area contributed by atoms with Gasteiger partial charge in [-0.05, 0) is 31.2 Å². The van der Waals surface area contributed by atoms with Crippen LogP contribution in [0.4, 0.5) is 5.82 Å². The van der Waals surface area contributed by atoms with Gasteiger partial charge >= 0.3 is 0 Å². The summed E-state index contributed by atoms with van der Waals surface area (Å²) in [6.45, 7) is 4.16. The maximum absolute atomic E-state index is 12.9. The minimum atomic E-state index is 0.0671. The number of hydrogen-bond donors (Lipinski definition) is 0. The molecule has 1 amide bonds. The van der Waals surface area contributed by atoms with Gasteiger partial charge in [0.2, 0.25) is 0 Å². The van der Waals surface area contributed by atoms with Crippen LogP contribution in [0.5, 0.6) is 0 Å². The number of anilines is 1. The van der Waals surface area contributed by atoms with Crippen molar-refractivity contribution in [1.82, 2.24) is 20.1 Å². The molecule has 0 saturated carbocycles. The van der Waals surface area contributed by atoms with Crippen LogP contribution in [-0.2, 0) is 0 Å². The van der Waals surface area contributed by atoms with Crippen molar-refractivity contribution in [3.63, 3.8) is 0 Å². The fourth-order valence-corrected chi connectivity index (χ4v) is 4.21. The highest BCUT2D eigenvalue weighted by molar-refractivity contribution is 6.00. The number of piperazine rings is 1. The fourth-order valence-electron chi connectivity index (χ4n) is 4.21. The van der Waals surface area contributed by atoms with Crippen molar-refractivity contribution in [2.24, 2.45) is 0 Å². The highest BCUT2D eigenvalue weighted by Gasteiger charge is 2.29. The van der Waals surface area contributed by atoms with Crippen LogP contribution >= 0.6 is 0 Å². The Hall–Kier alpha value is -3.80. The van der Waals surface area contributed by atoms with Crippen LogP contribution in [0.25, 0.3) is 22.2 Å². The maximum atomic E-state index is 12.9. The Kier molecular flexibility index (Phi) is 5.04. The van der Waals surface area contributed by atoms with Gasteiger partial charge in [-0.15, -0.1) is 10.2 Å². The van der Waals surface area contributed by atoms with Crippen molar-refractivity contribution >= 4 is 22.5 Å². The predicted molar refractivity (Wildman–Crippen MR) is 122 cm³/mol. The van der Waals surface area contributed by atoms with E-state index in [0.717, 1.165) is 33.5 Å². The number of benzene rings is 2. The number of fused-ring (bicyclic) bond motifs is 1. The molecule has 0 bridgehead atoms. The maximum Gasteiger partial charge on any atom is 0.254 e. The molecule has 0 N–H and O–H groups in total. The third-order valence-corrected chi connectivity index (χ3v) is 5.78. The molecule has 3 heterocycles. The van der Waals surface area contributed by atoms with Gasteiger partial charge in [-0.25, -0.2) is 0 Å². The molecule has 6 heteroatoms. The first-order chi connectivity index (χ1) is 15.2. The number of carbonyl (C=O) groups is 1. The van der Waals surface area contributed by atoms with Crippen molar-refractivity contribution in [3.05, 3.63) is 84.6 Å². The summed E-state index contributed by atoms with van der Waals surface area (Å²) in [5.41, 5.74) is 2.32. The lowest BCUT2D eigenvalue weighted by molar-refractivity contribution is 0.0674. The molecular weight excluding hydrogens is 386 g/mol. The van der Waals surface area contributed by atoms with Gasteiger partial charge in [0.1, 0.15) is 5.69 Å². The number of amides is 1. The molecule has 154 valence electrons. The number of rotatable bonds is 3. The highest BCUT2D eigenvalue weighted by Crippen LogP contribution is 2.31. The topological polar surface area (TPSA) is 62.2 Å². The molecule has 0 aliphatic carbocycles. The van der Waals surface area contributed by atoms with E-state index in [4.69, 9.17) is 0 Å². The van der Waals surface area contributed by atoms with E-state index in [9.17, 15) is 4.79 Å². The summed E-state index contributed by atoms with van der Waals surface area (Å²) >= 11 is 0. The third-order valence-electron chi connectivity index (χ3n) is 5.78. The van der Waals surface area contributed by atoms with Crippen molar-refractivity contribution < 1.29 is 4.79 Å². The molecule has 31 heavy (non-hydrogen) atoms. The van der Waals surface area contributed by atoms with E-state index in [-0.39, 0.29) is 11.9 Å². The minimum Gasteiger partial charge on any atom is -0.351 e. The van der Waals surface area contributed by atoms with Gasteiger partial charge in [-0.3, -0.25) is 9.78 Å². The first-order valence-corrected chi connectivity index (χ1v) is 10.5. The van der Waals surface area contributed by atoms with Crippen LogP contribution in [-0.4, -0.2) is 51.7 Å². The molecule has 0 radical (unpaired) electrons. The molecule has 1 atom stereocenters. The standard InChI is InChI=1S/C25H23N5O/c1-18-17-29(15-16-30(18)25(31)19-9-3-2-4-10-19)24-21-12-6-5-11-20(21)23(27-28-24)22-13-7-8-14-26-22/h2-14,18H,15-17H2,1H3. The van der Waals surface area contributed by atoms with Gasteiger partial charge in [0.05, 0.1) is 5.69 Å². The zero-order valence-electron chi connectivity index (χ0n) is 17.3. The van der Waals surface area contributed by atoms with E-state index in [2.05, 4.69) is 39.1 Å². The highest BCUT2D eigenvalue weighted by atomic mass is 16.2. The Morgan fingerprint density at radius 2 is 1.61 bits per heavy atom. The third kappa shape index (κ3) is 3.61. The van der Waals surface area contributed by atoms with Crippen LogP contribution in [0.3, 0.4) is 0 Å². The van der Waals surface area contributed by atoms with Crippen molar-refractivity contribution in [1.29, 1.82) is 0 Å². The average molecular weight is 409 g/mol. The van der Waals surface area contributed by atoms with Gasteiger partial charge < -0.3 is 9.80 Å². The molecule has 1 saturated heterocycles. The van der Waals surface area contributed by atoms with Gasteiger partial charge in [0.15, 0.2) is 5.82 Å². The molecular formula is C25H23N5O. The van der Waals surface area contributed by atoms with E-state index < -0.39 is 0 Å². The largest absolute Gasteiger partial charge is 0.351 e. The van der Waals surface area contributed by atoms with Gasteiger partial charge in [0.25, 0.3) is 5.91 Å². The van der Waals surface area contributed by atoms with Crippen LogP contribution in [0.15, 0.2) is 79.0 Å². The zero-order chi connectivity index (χ0) is 21.2. The van der Waals surface area contributed by atoms with Crippen LogP contribution < -0.4 is 4.90 Å². The van der Waals surface area contributed by atoms with Crippen LogP contribution in [0, 0.1) is 0 Å². The van der Waals surface area contributed by atoms with Crippen molar-refractivity contribution in [3.8, 4) is 11.4 Å². The second-order valence-electron chi connectivity index (χ2n) is 7.79. The monoisotopic (exact) mass is 409 g/mol. The van der Waals surface area contributed by atoms with Gasteiger partial charge in [0, 0.05) is 48.2 Å². The molecule has 1 aliphatic heterocycles. The summed E-state index contributed by atoms with van der Waals surface area (Å²) in [7, 11) is 0. The summed E-state index contributed by atoms with van der Waals surface area (Å²) in [4.78, 5) is 21.6. The van der Waals surface area contributed by atoms with E-state index in [1.807, 2.05) is 65.6 Å². The van der Waals surface area contributed by atoms with Crippen molar-refractivity contribution in [2.75, 3.05) is 24.5 Å². The lowest BCUT2D eigenvalue weighted by atomic mass is 10.1. The Balaban J connectivity index is 1.44. The minimum absolute atomic E-state index is 0.0671. The normalized spacial score (nSPS) is 16.5. The zero-order valence-corrected chi connectivity index (χ0v) is 17.3. The molecule has 1 fully saturated rings. The molecule has 1 aliphatic rings. The van der Waals surface area contributed by atoms with E-state index in [0.29, 0.717) is 19.6 Å². The number of nitrogens with zero attached hydrogens (tertiary/aromatic N) is 5. The Morgan fingerprint density at radius 3 is 2.35 bits per heavy atom. The molecule has 2 aromatic heterocycles. The van der Waals surface area contributed by atoms with Crippen LogP contribution in [0.2, 0.25) is 0 Å². The number of hydrogen-bond acceptors (Lipinski definition) is 5. The molecule has 6 nitrogen and oxygen atoms in total. The number of carbonyl (C=O) groups excluding carboxylic acids is 1. The van der Waals surface area contributed by atoms with Gasteiger partial charge in [-0.2, -0.15) is 0 Å². The van der Waals surface area contributed by atoms with Crippen LogP contribution in [0.1, 0.15) is 17.3 Å². The second kappa shape index (κ2) is 8.14. The van der Waals surface area contributed by atoms with Crippen molar-refractivity contribution in [2.45, 2.75) is 13.0 Å². The average Bonchev–Trinajstić information content (AvgIpc) is 2.84. The smallest absolute Gasteiger partial charge is 0.254 e. The summed E-state index contributed by atoms with van der Waals surface area (Å²) in [6, 6.07) is 23.5. The lowest BCUT2D eigenvalue weighted by Gasteiger charge is -2.40. The van der Waals surface area contributed by atoms with E-state index >= 15 is 0 Å². The summed E-state index contributed by atoms with van der Waals surface area (Å²) in [5.74, 6) is 0.933. The quantitative estimate of drug-likeness (QED) is 0.511. The second-order valence-corrected chi connectivity index (χ2v) is 7.79. The first kappa shape index (κ1) is 19.2. The summed E-state index contributed by atoms with van der Waals surface area (Å²) < 4.78 is 0. The molecule has 0 spiro atoms. The SMILES string of the molecule is CC1CN(c2nnc(-c3ccccn3)c3ccccc23)CCN1C(=O)c1ccccc1. The number of aromatic nitrogens is 3. The Morgan fingerprint density at radius 1 is 0.871 bits per heavy atom. The molecule has 1 unspecified atom stereocenters. The number of pyridine rings is 1. The molecule has 5 rings (SSSR count). The Labute approximate surface area is 181 Å². The molecule has 2 aromatic carbocycles. The molecule has 4 aromatic rings. The summed E-state index contributed by atoms with van der Waals surface area (Å²) in [6.07, 6.45) is 1.77. The Bertz CT molecular complexity index is 1210.